The molecule has 0 atom stereocenters. The first kappa shape index (κ1) is 12.4. The lowest BCUT2D eigenvalue weighted by atomic mass is 9.96. The second-order valence-corrected chi connectivity index (χ2v) is 3.35. The maximum absolute atomic E-state index is 13.0. The molecule has 2 rings (SSSR count). The van der Waals surface area contributed by atoms with Crippen LogP contribution in [0.15, 0.2) is 18.2 Å². The molecule has 1 fully saturated rings. The number of rotatable bonds is 2. The fourth-order valence-corrected chi connectivity index (χ4v) is 1.24. The number of carboxylic acid groups (broad SMARTS) is 1. The van der Waals surface area contributed by atoms with Gasteiger partial charge >= 0.3 is 0 Å². The van der Waals surface area contributed by atoms with Gasteiger partial charge < -0.3 is 9.84 Å². The summed E-state index contributed by atoms with van der Waals surface area (Å²) in [5.74, 6) is -0.922. The van der Waals surface area contributed by atoms with Crippen LogP contribution in [0.25, 0.3) is 0 Å². The highest BCUT2D eigenvalue weighted by atomic mass is 19.1. The molecule has 1 aromatic rings. The van der Waals surface area contributed by atoms with Crippen molar-refractivity contribution >= 4 is 6.47 Å². The normalized spacial score (nSPS) is 14.4. The predicted molar refractivity (Wildman–Crippen MR) is 53.3 cm³/mol. The fourth-order valence-electron chi connectivity index (χ4n) is 1.24. The van der Waals surface area contributed by atoms with Crippen molar-refractivity contribution in [3.63, 3.8) is 0 Å². The summed E-state index contributed by atoms with van der Waals surface area (Å²) in [5.41, 5.74) is 0. The van der Waals surface area contributed by atoms with Crippen LogP contribution >= 0.6 is 0 Å². The molecule has 1 aliphatic carbocycles. The van der Waals surface area contributed by atoms with Gasteiger partial charge in [0.25, 0.3) is 6.47 Å². The molecule has 0 bridgehead atoms. The summed E-state index contributed by atoms with van der Waals surface area (Å²) in [7, 11) is 0. The lowest BCUT2D eigenvalue weighted by Crippen LogP contribution is -2.25. The van der Waals surface area contributed by atoms with E-state index in [0.717, 1.165) is 37.5 Å². The van der Waals surface area contributed by atoms with Crippen LogP contribution in [0, 0.1) is 11.6 Å². The van der Waals surface area contributed by atoms with Crippen LogP contribution in [-0.2, 0) is 4.79 Å². The van der Waals surface area contributed by atoms with Crippen LogP contribution in [0.2, 0.25) is 0 Å². The van der Waals surface area contributed by atoms with E-state index in [1.807, 2.05) is 0 Å². The smallest absolute Gasteiger partial charge is 0.290 e. The third-order valence-electron chi connectivity index (χ3n) is 2.24. The largest absolute Gasteiger partial charge is 0.487 e. The van der Waals surface area contributed by atoms with Gasteiger partial charge in [0.1, 0.15) is 5.82 Å². The second kappa shape index (κ2) is 6.05. The number of carbonyl (C=O) groups is 1. The van der Waals surface area contributed by atoms with Crippen molar-refractivity contribution in [2.45, 2.75) is 25.4 Å². The molecule has 0 amide bonds. The number of hydrogen-bond donors (Lipinski definition) is 1. The zero-order chi connectivity index (χ0) is 12.0. The Hall–Kier alpha value is -1.65. The zero-order valence-electron chi connectivity index (χ0n) is 8.53. The third-order valence-corrected chi connectivity index (χ3v) is 2.24. The Morgan fingerprint density at radius 3 is 2.50 bits per heavy atom. The molecule has 0 saturated heterocycles. The lowest BCUT2D eigenvalue weighted by Gasteiger charge is -2.26. The van der Waals surface area contributed by atoms with Crippen molar-refractivity contribution < 1.29 is 23.4 Å². The van der Waals surface area contributed by atoms with Gasteiger partial charge in [-0.25, -0.2) is 8.78 Å². The highest BCUT2D eigenvalue weighted by Gasteiger charge is 2.20. The van der Waals surface area contributed by atoms with Crippen molar-refractivity contribution in [1.29, 1.82) is 0 Å². The lowest BCUT2D eigenvalue weighted by molar-refractivity contribution is -0.122. The Morgan fingerprint density at radius 1 is 1.38 bits per heavy atom. The zero-order valence-corrected chi connectivity index (χ0v) is 8.53. The van der Waals surface area contributed by atoms with Gasteiger partial charge in [0.05, 0.1) is 6.10 Å². The Morgan fingerprint density at radius 2 is 2.00 bits per heavy atom. The summed E-state index contributed by atoms with van der Waals surface area (Å²) in [5, 5.41) is 6.89. The first-order valence-electron chi connectivity index (χ1n) is 4.87. The summed E-state index contributed by atoms with van der Waals surface area (Å²) in [4.78, 5) is 8.36. The van der Waals surface area contributed by atoms with E-state index in [0.29, 0.717) is 0 Å². The number of hydrogen-bond acceptors (Lipinski definition) is 2. The van der Waals surface area contributed by atoms with Gasteiger partial charge in [0.2, 0.25) is 0 Å². The molecule has 3 nitrogen and oxygen atoms in total. The fraction of sp³-hybridized carbons (Fsp3) is 0.364. The van der Waals surface area contributed by atoms with E-state index in [1.54, 1.807) is 0 Å². The SMILES string of the molecule is Fc1ccc(F)c(OC2CCC2)c1.O=CO. The molecule has 16 heavy (non-hydrogen) atoms. The van der Waals surface area contributed by atoms with Crippen molar-refractivity contribution in [1.82, 2.24) is 0 Å². The monoisotopic (exact) mass is 230 g/mol. The second-order valence-electron chi connectivity index (χ2n) is 3.35. The molecule has 5 heteroatoms. The van der Waals surface area contributed by atoms with Crippen LogP contribution in [-0.4, -0.2) is 17.7 Å². The molecule has 1 aromatic carbocycles. The van der Waals surface area contributed by atoms with Crippen molar-refractivity contribution in [2.75, 3.05) is 0 Å². The molecule has 88 valence electrons. The average molecular weight is 230 g/mol. The standard InChI is InChI=1S/C10H10F2O.CH2O2/c11-7-4-5-9(12)10(6-7)13-8-2-1-3-8;2-1-3/h4-6,8H,1-3H2;1H,(H,2,3). The number of ether oxygens (including phenoxy) is 1. The Kier molecular flexibility index (Phi) is 4.69. The summed E-state index contributed by atoms with van der Waals surface area (Å²) in [6.07, 6.45) is 3.07. The van der Waals surface area contributed by atoms with Gasteiger partial charge in [0, 0.05) is 6.07 Å². The predicted octanol–water partition coefficient (Wildman–Crippen LogP) is 2.60. The highest BCUT2D eigenvalue weighted by Crippen LogP contribution is 2.27. The van der Waals surface area contributed by atoms with Gasteiger partial charge in [-0.05, 0) is 31.4 Å². The van der Waals surface area contributed by atoms with Crippen LogP contribution < -0.4 is 4.74 Å². The molecule has 0 spiro atoms. The molecule has 0 aromatic heterocycles. The first-order valence-corrected chi connectivity index (χ1v) is 4.87. The molecule has 0 aliphatic heterocycles. The third kappa shape index (κ3) is 3.49. The summed E-state index contributed by atoms with van der Waals surface area (Å²) >= 11 is 0. The van der Waals surface area contributed by atoms with Gasteiger partial charge in [-0.1, -0.05) is 0 Å². The molecule has 1 aliphatic rings. The van der Waals surface area contributed by atoms with Crippen molar-refractivity contribution in [3.05, 3.63) is 29.8 Å². The first-order chi connectivity index (χ1) is 7.67. The minimum absolute atomic E-state index is 0.0321. The van der Waals surface area contributed by atoms with Gasteiger partial charge in [-0.15, -0.1) is 0 Å². The quantitative estimate of drug-likeness (QED) is 0.794. The highest BCUT2D eigenvalue weighted by molar-refractivity contribution is 5.32. The topological polar surface area (TPSA) is 46.5 Å². The Labute approximate surface area is 91.7 Å². The van der Waals surface area contributed by atoms with Crippen LogP contribution in [0.4, 0.5) is 8.78 Å². The van der Waals surface area contributed by atoms with E-state index in [9.17, 15) is 8.78 Å². The maximum atomic E-state index is 13.0. The number of halogens is 2. The molecule has 1 saturated carbocycles. The maximum Gasteiger partial charge on any atom is 0.290 e. The van der Waals surface area contributed by atoms with Crippen molar-refractivity contribution in [3.8, 4) is 5.75 Å². The summed E-state index contributed by atoms with van der Waals surface area (Å²) in [6, 6.07) is 3.26. The molecular weight excluding hydrogens is 218 g/mol. The molecule has 0 radical (unpaired) electrons. The van der Waals surface area contributed by atoms with E-state index < -0.39 is 11.6 Å². The number of benzene rings is 1. The van der Waals surface area contributed by atoms with E-state index in [2.05, 4.69) is 0 Å². The van der Waals surface area contributed by atoms with Crippen LogP contribution in [0.5, 0.6) is 5.75 Å². The van der Waals surface area contributed by atoms with Crippen molar-refractivity contribution in [2.24, 2.45) is 0 Å². The van der Waals surface area contributed by atoms with Gasteiger partial charge in [-0.2, -0.15) is 0 Å². The van der Waals surface area contributed by atoms with Crippen LogP contribution in [0.1, 0.15) is 19.3 Å². The average Bonchev–Trinajstić information content (AvgIpc) is 2.18. The minimum atomic E-state index is -0.492. The van der Waals surface area contributed by atoms with Crippen LogP contribution in [0.3, 0.4) is 0 Å². The van der Waals surface area contributed by atoms with E-state index in [4.69, 9.17) is 14.6 Å². The van der Waals surface area contributed by atoms with Gasteiger partial charge in [-0.3, -0.25) is 4.79 Å². The molecule has 1 N–H and O–H groups in total. The van der Waals surface area contributed by atoms with E-state index in [1.165, 1.54) is 0 Å². The summed E-state index contributed by atoms with van der Waals surface area (Å²) in [6.45, 7) is -0.250. The minimum Gasteiger partial charge on any atom is -0.487 e. The Bertz CT molecular complexity index is 351. The summed E-state index contributed by atoms with van der Waals surface area (Å²) < 4.78 is 30.9. The molecular formula is C11H12F2O3. The Balaban J connectivity index is 0.000000386. The molecule has 0 heterocycles. The molecule has 0 unspecified atom stereocenters. The van der Waals surface area contributed by atoms with Gasteiger partial charge in [0.15, 0.2) is 11.6 Å². The van der Waals surface area contributed by atoms with E-state index in [-0.39, 0.29) is 18.3 Å². The van der Waals surface area contributed by atoms with E-state index >= 15 is 0 Å².